The highest BCUT2D eigenvalue weighted by Crippen LogP contribution is 2.41. The van der Waals surface area contributed by atoms with Crippen LogP contribution in [0.4, 0.5) is 8.78 Å². The number of fused-ring (bicyclic) bond motifs is 2. The van der Waals surface area contributed by atoms with E-state index in [-0.39, 0.29) is 11.3 Å². The fraction of sp³-hybridized carbons (Fsp3) is 0.100. The van der Waals surface area contributed by atoms with Crippen molar-refractivity contribution in [3.63, 3.8) is 0 Å². The van der Waals surface area contributed by atoms with Gasteiger partial charge in [-0.05, 0) is 23.3 Å². The first-order valence-corrected chi connectivity index (χ1v) is 9.49. The Morgan fingerprint density at radius 1 is 1.14 bits per heavy atom. The number of benzene rings is 2. The van der Waals surface area contributed by atoms with E-state index < -0.39 is 40.4 Å². The summed E-state index contributed by atoms with van der Waals surface area (Å²) in [6.07, 6.45) is 2.07. The summed E-state index contributed by atoms with van der Waals surface area (Å²) in [5.74, 6) is -3.93. The molecule has 6 nitrogen and oxygen atoms in total. The van der Waals surface area contributed by atoms with Crippen LogP contribution in [0.25, 0.3) is 0 Å². The normalized spacial score (nSPS) is 15.2. The fourth-order valence-electron chi connectivity index (χ4n) is 3.27. The van der Waals surface area contributed by atoms with E-state index in [4.69, 9.17) is 0 Å². The van der Waals surface area contributed by atoms with Gasteiger partial charge in [-0.25, -0.2) is 13.6 Å². The molecule has 4 rings (SSSR count). The van der Waals surface area contributed by atoms with Crippen LogP contribution in [0.1, 0.15) is 33.1 Å². The lowest BCUT2D eigenvalue weighted by Gasteiger charge is -2.24. The zero-order chi connectivity index (χ0) is 20.7. The number of aromatic nitrogens is 1. The largest absolute Gasteiger partial charge is 0.503 e. The van der Waals surface area contributed by atoms with Crippen LogP contribution in [-0.4, -0.2) is 20.9 Å². The van der Waals surface area contributed by atoms with Crippen molar-refractivity contribution in [2.45, 2.75) is 16.7 Å². The molecule has 2 aromatic carbocycles. The molecule has 0 saturated heterocycles. The van der Waals surface area contributed by atoms with Gasteiger partial charge in [-0.2, -0.15) is 0 Å². The molecular weight excluding hydrogens is 402 g/mol. The third kappa shape index (κ3) is 3.33. The van der Waals surface area contributed by atoms with Crippen molar-refractivity contribution in [3.05, 3.63) is 92.9 Å². The number of aromatic hydroxyl groups is 1. The molecule has 0 bridgehead atoms. The molecule has 3 aromatic rings. The highest BCUT2D eigenvalue weighted by atomic mass is 32.2. The third-order valence-electron chi connectivity index (χ3n) is 4.66. The number of carboxylic acid groups (broad SMARTS) is 1. The predicted molar refractivity (Wildman–Crippen MR) is 103 cm³/mol. The summed E-state index contributed by atoms with van der Waals surface area (Å²) < 4.78 is 29.5. The van der Waals surface area contributed by atoms with Crippen LogP contribution in [0.5, 0.6) is 5.75 Å². The molecule has 0 saturated carbocycles. The fourth-order valence-corrected chi connectivity index (χ4v) is 4.39. The Labute approximate surface area is 167 Å². The molecular formula is C20H14F2N2O4S. The summed E-state index contributed by atoms with van der Waals surface area (Å²) in [7, 11) is 0. The van der Waals surface area contributed by atoms with E-state index in [0.717, 1.165) is 33.6 Å². The Hall–Kier alpha value is -3.33. The quantitative estimate of drug-likeness (QED) is 0.606. The molecule has 1 unspecified atom stereocenters. The van der Waals surface area contributed by atoms with Crippen molar-refractivity contribution >= 4 is 17.7 Å². The lowest BCUT2D eigenvalue weighted by molar-refractivity contribution is 0.0694. The smallest absolute Gasteiger partial charge is 0.341 e. The second kappa shape index (κ2) is 7.25. The van der Waals surface area contributed by atoms with Gasteiger partial charge in [0.1, 0.15) is 5.56 Å². The maximum atomic E-state index is 14.5. The van der Waals surface area contributed by atoms with Gasteiger partial charge in [0.15, 0.2) is 17.4 Å². The number of carboxylic acids is 1. The second-order valence-corrected chi connectivity index (χ2v) is 7.43. The summed E-state index contributed by atoms with van der Waals surface area (Å²) in [5.41, 5.74) is 2.77. The molecule has 0 spiro atoms. The zero-order valence-corrected chi connectivity index (χ0v) is 15.5. The Balaban J connectivity index is 1.89. The lowest BCUT2D eigenvalue weighted by Crippen LogP contribution is -2.26. The van der Waals surface area contributed by atoms with E-state index in [1.807, 2.05) is 18.2 Å². The number of hydrogen-bond acceptors (Lipinski definition) is 5. The summed E-state index contributed by atoms with van der Waals surface area (Å²) in [4.78, 5) is 24.0. The number of carbonyl (C=O) groups is 1. The maximum Gasteiger partial charge on any atom is 0.341 e. The van der Waals surface area contributed by atoms with Gasteiger partial charge in [-0.1, -0.05) is 24.3 Å². The van der Waals surface area contributed by atoms with E-state index in [0.29, 0.717) is 5.56 Å². The average molecular weight is 416 g/mol. The third-order valence-corrected chi connectivity index (χ3v) is 5.78. The monoisotopic (exact) mass is 416 g/mol. The van der Waals surface area contributed by atoms with Gasteiger partial charge in [-0.3, -0.25) is 9.47 Å². The molecule has 0 radical (unpaired) electrons. The van der Waals surface area contributed by atoms with Gasteiger partial charge in [0.05, 0.1) is 12.2 Å². The van der Waals surface area contributed by atoms with Gasteiger partial charge < -0.3 is 15.6 Å². The Bertz CT molecular complexity index is 1200. The summed E-state index contributed by atoms with van der Waals surface area (Å²) in [5, 5.41) is 19.0. The van der Waals surface area contributed by atoms with Crippen LogP contribution < -0.4 is 10.9 Å². The van der Waals surface area contributed by atoms with E-state index in [1.165, 1.54) is 17.8 Å². The molecule has 148 valence electrons. The van der Waals surface area contributed by atoms with Crippen molar-refractivity contribution in [2.75, 3.05) is 5.43 Å². The zero-order valence-electron chi connectivity index (χ0n) is 14.7. The van der Waals surface area contributed by atoms with Crippen LogP contribution >= 0.6 is 11.8 Å². The number of rotatable bonds is 3. The molecule has 0 amide bonds. The van der Waals surface area contributed by atoms with Crippen LogP contribution in [0.3, 0.4) is 0 Å². The van der Waals surface area contributed by atoms with Crippen molar-refractivity contribution in [3.8, 4) is 5.75 Å². The number of hydrogen-bond donors (Lipinski definition) is 3. The molecule has 29 heavy (non-hydrogen) atoms. The van der Waals surface area contributed by atoms with E-state index in [2.05, 4.69) is 5.43 Å². The van der Waals surface area contributed by atoms with Gasteiger partial charge in [0, 0.05) is 22.4 Å². The lowest BCUT2D eigenvalue weighted by atomic mass is 9.95. The SMILES string of the molecule is O=C(O)c1cn(NC2c3ccccc3SCc3c2ccc(F)c3F)cc(O)c1=O. The number of nitrogens with one attached hydrogen (secondary N) is 1. The number of halogens is 2. The standard InChI is InChI=1S/C20H14F2N2O4S/c21-14-6-5-10-13(17(14)22)9-29-16-4-2-1-3-11(16)18(10)23-24-7-12(20(27)28)19(26)15(25)8-24/h1-8,18,23,25H,9H2,(H,27,28). The summed E-state index contributed by atoms with van der Waals surface area (Å²) in [6, 6.07) is 9.10. The number of nitrogens with zero attached hydrogens (tertiary/aromatic N) is 1. The molecule has 1 atom stereocenters. The Morgan fingerprint density at radius 3 is 2.66 bits per heavy atom. The summed E-state index contributed by atoms with van der Waals surface area (Å²) in [6.45, 7) is 0. The number of pyridine rings is 1. The molecule has 1 aliphatic rings. The molecule has 2 heterocycles. The highest BCUT2D eigenvalue weighted by Gasteiger charge is 2.27. The molecule has 1 aromatic heterocycles. The molecule has 0 aliphatic carbocycles. The van der Waals surface area contributed by atoms with Gasteiger partial charge in [0.2, 0.25) is 5.43 Å². The van der Waals surface area contributed by atoms with Crippen molar-refractivity contribution < 1.29 is 23.8 Å². The molecule has 0 fully saturated rings. The van der Waals surface area contributed by atoms with Crippen LogP contribution in [0, 0.1) is 11.6 Å². The minimum absolute atomic E-state index is 0.187. The Kier molecular flexibility index (Phi) is 4.75. The van der Waals surface area contributed by atoms with E-state index >= 15 is 0 Å². The summed E-state index contributed by atoms with van der Waals surface area (Å²) >= 11 is 1.35. The maximum absolute atomic E-state index is 14.5. The van der Waals surface area contributed by atoms with E-state index in [9.17, 15) is 28.6 Å². The topological polar surface area (TPSA) is 91.6 Å². The molecule has 3 N–H and O–H groups in total. The van der Waals surface area contributed by atoms with Crippen molar-refractivity contribution in [1.82, 2.24) is 4.68 Å². The van der Waals surface area contributed by atoms with Crippen molar-refractivity contribution in [2.24, 2.45) is 0 Å². The van der Waals surface area contributed by atoms with Gasteiger partial charge in [-0.15, -0.1) is 11.8 Å². The first-order valence-electron chi connectivity index (χ1n) is 8.50. The van der Waals surface area contributed by atoms with Crippen LogP contribution in [0.15, 0.2) is 58.5 Å². The average Bonchev–Trinajstić information content (AvgIpc) is 2.85. The number of aromatic carboxylic acids is 1. The second-order valence-electron chi connectivity index (χ2n) is 6.42. The predicted octanol–water partition coefficient (Wildman–Crippen LogP) is 3.47. The number of thioether (sulfide) groups is 1. The van der Waals surface area contributed by atoms with Gasteiger partial charge in [0.25, 0.3) is 0 Å². The van der Waals surface area contributed by atoms with Gasteiger partial charge >= 0.3 is 5.97 Å². The van der Waals surface area contributed by atoms with Crippen LogP contribution in [-0.2, 0) is 5.75 Å². The minimum Gasteiger partial charge on any atom is -0.503 e. The molecule has 9 heteroatoms. The van der Waals surface area contributed by atoms with E-state index in [1.54, 1.807) is 6.07 Å². The minimum atomic E-state index is -1.49. The van der Waals surface area contributed by atoms with Crippen molar-refractivity contribution in [1.29, 1.82) is 0 Å². The molecule has 1 aliphatic heterocycles. The first kappa shape index (κ1) is 19.0. The van der Waals surface area contributed by atoms with Crippen LogP contribution in [0.2, 0.25) is 0 Å². The Morgan fingerprint density at radius 2 is 1.90 bits per heavy atom. The highest BCUT2D eigenvalue weighted by molar-refractivity contribution is 7.98. The first-order chi connectivity index (χ1) is 13.9.